The van der Waals surface area contributed by atoms with Crippen molar-refractivity contribution >= 4 is 0 Å². The van der Waals surface area contributed by atoms with Crippen LogP contribution in [0.3, 0.4) is 0 Å². The molecule has 20 heavy (non-hydrogen) atoms. The standard InChI is InChI=1S/C20H34/c1-7-9-10-11-12-19(6)13-14-20(15-17(3)4)16-18(5)8-2/h7-8,12,15,17H,1,9-11,13-14,16H2,2-6H3. The van der Waals surface area contributed by atoms with Crippen LogP contribution in [0.2, 0.25) is 0 Å². The zero-order valence-corrected chi connectivity index (χ0v) is 14.3. The summed E-state index contributed by atoms with van der Waals surface area (Å²) in [6, 6.07) is 0. The monoisotopic (exact) mass is 274 g/mol. The maximum atomic E-state index is 3.77. The minimum Gasteiger partial charge on any atom is -0.103 e. The van der Waals surface area contributed by atoms with Gasteiger partial charge in [0.25, 0.3) is 0 Å². The number of hydrogen-bond donors (Lipinski definition) is 0. The van der Waals surface area contributed by atoms with Crippen LogP contribution in [0.1, 0.15) is 73.1 Å². The molecular formula is C20H34. The highest BCUT2D eigenvalue weighted by molar-refractivity contribution is 5.16. The molecule has 0 aromatic carbocycles. The lowest BCUT2D eigenvalue weighted by molar-refractivity contribution is 0.783. The molecular weight excluding hydrogens is 240 g/mol. The van der Waals surface area contributed by atoms with E-state index in [1.54, 1.807) is 5.57 Å². The molecule has 0 radical (unpaired) electrons. The summed E-state index contributed by atoms with van der Waals surface area (Å²) in [5, 5.41) is 0. The van der Waals surface area contributed by atoms with Gasteiger partial charge in [0.15, 0.2) is 0 Å². The Bertz CT molecular complexity index is 350. The zero-order chi connectivity index (χ0) is 15.4. The van der Waals surface area contributed by atoms with Crippen molar-refractivity contribution in [3.8, 4) is 0 Å². The summed E-state index contributed by atoms with van der Waals surface area (Å²) in [6.07, 6.45) is 16.2. The van der Waals surface area contributed by atoms with E-state index in [1.165, 1.54) is 36.8 Å². The van der Waals surface area contributed by atoms with Crippen LogP contribution in [0.15, 0.2) is 47.6 Å². The lowest BCUT2D eigenvalue weighted by Crippen LogP contribution is -1.92. The highest BCUT2D eigenvalue weighted by Crippen LogP contribution is 2.21. The van der Waals surface area contributed by atoms with Crippen molar-refractivity contribution in [1.29, 1.82) is 0 Å². The smallest absolute Gasteiger partial charge is 0.0111 e. The summed E-state index contributed by atoms with van der Waals surface area (Å²) in [4.78, 5) is 0. The molecule has 0 heterocycles. The second-order valence-corrected chi connectivity index (χ2v) is 6.15. The molecule has 0 heteroatoms. The first-order chi connectivity index (χ1) is 9.49. The Kier molecular flexibility index (Phi) is 11.1. The molecule has 114 valence electrons. The van der Waals surface area contributed by atoms with Crippen molar-refractivity contribution < 1.29 is 0 Å². The van der Waals surface area contributed by atoms with Gasteiger partial charge < -0.3 is 0 Å². The highest BCUT2D eigenvalue weighted by Gasteiger charge is 2.02. The van der Waals surface area contributed by atoms with E-state index in [0.717, 1.165) is 12.8 Å². The fraction of sp³-hybridized carbons (Fsp3) is 0.600. The van der Waals surface area contributed by atoms with Crippen molar-refractivity contribution in [3.63, 3.8) is 0 Å². The Morgan fingerprint density at radius 1 is 1.05 bits per heavy atom. The minimum atomic E-state index is 0.645. The van der Waals surface area contributed by atoms with E-state index in [1.807, 2.05) is 6.08 Å². The van der Waals surface area contributed by atoms with Crippen molar-refractivity contribution in [3.05, 3.63) is 47.6 Å². The van der Waals surface area contributed by atoms with Crippen molar-refractivity contribution in [2.24, 2.45) is 5.92 Å². The summed E-state index contributed by atoms with van der Waals surface area (Å²) >= 11 is 0. The van der Waals surface area contributed by atoms with Gasteiger partial charge in [0.05, 0.1) is 0 Å². The van der Waals surface area contributed by atoms with Crippen molar-refractivity contribution in [2.75, 3.05) is 0 Å². The third-order valence-electron chi connectivity index (χ3n) is 3.51. The molecule has 0 fully saturated rings. The first-order valence-electron chi connectivity index (χ1n) is 8.07. The van der Waals surface area contributed by atoms with Crippen LogP contribution in [0.4, 0.5) is 0 Å². The molecule has 0 unspecified atom stereocenters. The van der Waals surface area contributed by atoms with Gasteiger partial charge in [0.1, 0.15) is 0 Å². The molecule has 0 saturated carbocycles. The number of hydrogen-bond acceptors (Lipinski definition) is 0. The van der Waals surface area contributed by atoms with Gasteiger partial charge in [0.2, 0.25) is 0 Å². The van der Waals surface area contributed by atoms with Gasteiger partial charge in [-0.05, 0) is 65.2 Å². The van der Waals surface area contributed by atoms with Gasteiger partial charge >= 0.3 is 0 Å². The van der Waals surface area contributed by atoms with Gasteiger partial charge in [-0.25, -0.2) is 0 Å². The number of unbranched alkanes of at least 4 members (excludes halogenated alkanes) is 2. The molecule has 0 nitrogen and oxygen atoms in total. The SMILES string of the molecule is C=CCCCC=C(C)CCC(=CC(C)C)CC(C)=CC. The Morgan fingerprint density at radius 3 is 2.30 bits per heavy atom. The van der Waals surface area contributed by atoms with E-state index in [4.69, 9.17) is 0 Å². The Morgan fingerprint density at radius 2 is 1.75 bits per heavy atom. The molecule has 0 spiro atoms. The van der Waals surface area contributed by atoms with Crippen LogP contribution in [0.25, 0.3) is 0 Å². The first-order valence-corrected chi connectivity index (χ1v) is 8.07. The summed E-state index contributed by atoms with van der Waals surface area (Å²) < 4.78 is 0. The molecule has 0 saturated heterocycles. The number of rotatable bonds is 10. The molecule has 0 aliphatic heterocycles. The van der Waals surface area contributed by atoms with Crippen molar-refractivity contribution in [1.82, 2.24) is 0 Å². The third kappa shape index (κ3) is 10.8. The second kappa shape index (κ2) is 11.8. The van der Waals surface area contributed by atoms with Crippen LogP contribution in [0, 0.1) is 5.92 Å². The third-order valence-corrected chi connectivity index (χ3v) is 3.51. The zero-order valence-electron chi connectivity index (χ0n) is 14.3. The van der Waals surface area contributed by atoms with Crippen molar-refractivity contribution in [2.45, 2.75) is 73.1 Å². The van der Waals surface area contributed by atoms with E-state index >= 15 is 0 Å². The van der Waals surface area contributed by atoms with Crippen LogP contribution >= 0.6 is 0 Å². The average Bonchev–Trinajstić information content (AvgIpc) is 2.40. The van der Waals surface area contributed by atoms with Gasteiger partial charge in [-0.2, -0.15) is 0 Å². The lowest BCUT2D eigenvalue weighted by atomic mass is 9.96. The predicted molar refractivity (Wildman–Crippen MR) is 94.0 cm³/mol. The van der Waals surface area contributed by atoms with Crippen LogP contribution in [0.5, 0.6) is 0 Å². The van der Waals surface area contributed by atoms with Crippen LogP contribution in [-0.2, 0) is 0 Å². The quantitative estimate of drug-likeness (QED) is 0.297. The first kappa shape index (κ1) is 19.0. The van der Waals surface area contributed by atoms with Gasteiger partial charge in [-0.1, -0.05) is 54.9 Å². The molecule has 0 aliphatic carbocycles. The van der Waals surface area contributed by atoms with Crippen LogP contribution < -0.4 is 0 Å². The maximum Gasteiger partial charge on any atom is -0.0111 e. The molecule has 0 atom stereocenters. The maximum absolute atomic E-state index is 3.77. The lowest BCUT2D eigenvalue weighted by Gasteiger charge is -2.10. The Labute approximate surface area is 127 Å². The Hall–Kier alpha value is -1.04. The normalized spacial score (nSPS) is 14.0. The summed E-state index contributed by atoms with van der Waals surface area (Å²) in [5.41, 5.74) is 4.60. The topological polar surface area (TPSA) is 0 Å². The van der Waals surface area contributed by atoms with Crippen LogP contribution in [-0.4, -0.2) is 0 Å². The summed E-state index contributed by atoms with van der Waals surface area (Å²) in [5.74, 6) is 0.645. The second-order valence-electron chi connectivity index (χ2n) is 6.15. The van der Waals surface area contributed by atoms with E-state index in [9.17, 15) is 0 Å². The Balaban J connectivity index is 4.35. The highest BCUT2D eigenvalue weighted by atomic mass is 14.1. The summed E-state index contributed by atoms with van der Waals surface area (Å²) in [6.45, 7) is 14.9. The summed E-state index contributed by atoms with van der Waals surface area (Å²) in [7, 11) is 0. The largest absolute Gasteiger partial charge is 0.103 e. The molecule has 0 rings (SSSR count). The molecule has 0 bridgehead atoms. The van der Waals surface area contributed by atoms with E-state index in [0.29, 0.717) is 5.92 Å². The number of allylic oxidation sites excluding steroid dienone is 7. The van der Waals surface area contributed by atoms with Gasteiger partial charge in [-0.3, -0.25) is 0 Å². The fourth-order valence-electron chi connectivity index (χ4n) is 2.23. The average molecular weight is 274 g/mol. The molecule has 0 aliphatic rings. The fourth-order valence-corrected chi connectivity index (χ4v) is 2.23. The molecule has 0 aromatic heterocycles. The van der Waals surface area contributed by atoms with Gasteiger partial charge in [0, 0.05) is 0 Å². The van der Waals surface area contributed by atoms with E-state index < -0.39 is 0 Å². The van der Waals surface area contributed by atoms with E-state index in [2.05, 4.69) is 59.4 Å². The molecule has 0 N–H and O–H groups in total. The molecule has 0 aromatic rings. The minimum absolute atomic E-state index is 0.645. The predicted octanol–water partition coefficient (Wildman–Crippen LogP) is 7.01. The van der Waals surface area contributed by atoms with E-state index in [-0.39, 0.29) is 0 Å². The van der Waals surface area contributed by atoms with Gasteiger partial charge in [-0.15, -0.1) is 6.58 Å². The molecule has 0 amide bonds.